The van der Waals surface area contributed by atoms with E-state index in [9.17, 15) is 4.79 Å². The summed E-state index contributed by atoms with van der Waals surface area (Å²) in [5, 5.41) is 4.46. The van der Waals surface area contributed by atoms with E-state index in [1.165, 1.54) is 5.56 Å². The molecular weight excluding hydrogens is 400 g/mol. The van der Waals surface area contributed by atoms with E-state index in [0.29, 0.717) is 0 Å². The van der Waals surface area contributed by atoms with Crippen LogP contribution in [0.15, 0.2) is 48.9 Å². The Kier molecular flexibility index (Phi) is 6.55. The quantitative estimate of drug-likeness (QED) is 0.558. The largest absolute Gasteiger partial charge is 0.337 e. The molecule has 1 aliphatic rings. The fourth-order valence-corrected chi connectivity index (χ4v) is 4.33. The molecule has 1 fully saturated rings. The monoisotopic (exact) mass is 432 g/mol. The van der Waals surface area contributed by atoms with Crippen LogP contribution in [0.1, 0.15) is 42.4 Å². The standard InChI is InChI=1S/C25H32N6O/c1-19(2)31-24(9-12-27-31)30-20(3)17-23(21(30)4)5-6-25(32)29-15-13-28(14-16-29)18-22-7-10-26-11-8-22/h5-12,17,19H,13-16,18H2,1-4H3. The van der Waals surface area contributed by atoms with Gasteiger partial charge in [0.15, 0.2) is 0 Å². The highest BCUT2D eigenvalue weighted by Crippen LogP contribution is 2.23. The molecule has 0 saturated carbocycles. The molecule has 168 valence electrons. The van der Waals surface area contributed by atoms with Gasteiger partial charge in [0.05, 0.1) is 6.20 Å². The van der Waals surface area contributed by atoms with Gasteiger partial charge in [-0.15, -0.1) is 0 Å². The highest BCUT2D eigenvalue weighted by atomic mass is 16.2. The molecule has 0 spiro atoms. The molecule has 0 unspecified atom stereocenters. The second kappa shape index (κ2) is 9.53. The second-order valence-electron chi connectivity index (χ2n) is 8.68. The van der Waals surface area contributed by atoms with Gasteiger partial charge in [-0.3, -0.25) is 14.7 Å². The zero-order chi connectivity index (χ0) is 22.7. The lowest BCUT2D eigenvalue weighted by atomic mass is 10.2. The Labute approximate surface area is 190 Å². The molecule has 0 aromatic carbocycles. The number of hydrogen-bond donors (Lipinski definition) is 0. The van der Waals surface area contributed by atoms with Crippen LogP contribution in [-0.2, 0) is 11.3 Å². The normalized spacial score (nSPS) is 15.2. The van der Waals surface area contributed by atoms with Crippen LogP contribution >= 0.6 is 0 Å². The number of nitrogens with zero attached hydrogens (tertiary/aromatic N) is 6. The van der Waals surface area contributed by atoms with Crippen LogP contribution in [0, 0.1) is 13.8 Å². The molecule has 3 aromatic rings. The number of carbonyl (C=O) groups excluding carboxylic acids is 1. The fourth-order valence-electron chi connectivity index (χ4n) is 4.33. The summed E-state index contributed by atoms with van der Waals surface area (Å²) in [5.41, 5.74) is 4.55. The van der Waals surface area contributed by atoms with E-state index in [2.05, 4.69) is 53.3 Å². The van der Waals surface area contributed by atoms with Gasteiger partial charge in [0.1, 0.15) is 5.82 Å². The number of carbonyl (C=O) groups is 1. The van der Waals surface area contributed by atoms with Gasteiger partial charge in [0.25, 0.3) is 0 Å². The molecule has 0 radical (unpaired) electrons. The summed E-state index contributed by atoms with van der Waals surface area (Å²) >= 11 is 0. The topological polar surface area (TPSA) is 59.2 Å². The Bertz CT molecular complexity index is 1090. The van der Waals surface area contributed by atoms with Crippen LogP contribution in [0.2, 0.25) is 0 Å². The number of aromatic nitrogens is 4. The van der Waals surface area contributed by atoms with Gasteiger partial charge in [0, 0.05) is 74.7 Å². The lowest BCUT2D eigenvalue weighted by Gasteiger charge is -2.34. The van der Waals surface area contributed by atoms with E-state index >= 15 is 0 Å². The van der Waals surface area contributed by atoms with Gasteiger partial charge >= 0.3 is 0 Å². The smallest absolute Gasteiger partial charge is 0.246 e. The predicted molar refractivity (Wildman–Crippen MR) is 127 cm³/mol. The molecule has 1 amide bonds. The van der Waals surface area contributed by atoms with Gasteiger partial charge in [-0.05, 0) is 63.1 Å². The average molecular weight is 433 g/mol. The molecule has 3 aromatic heterocycles. The summed E-state index contributed by atoms with van der Waals surface area (Å²) in [6.07, 6.45) is 9.15. The average Bonchev–Trinajstić information content (AvgIpc) is 3.37. The van der Waals surface area contributed by atoms with Crippen molar-refractivity contribution in [2.45, 2.75) is 40.3 Å². The molecule has 1 saturated heterocycles. The lowest BCUT2D eigenvalue weighted by Crippen LogP contribution is -2.47. The van der Waals surface area contributed by atoms with Crippen molar-refractivity contribution in [1.29, 1.82) is 0 Å². The van der Waals surface area contributed by atoms with Crippen LogP contribution in [0.3, 0.4) is 0 Å². The first kappa shape index (κ1) is 22.0. The predicted octanol–water partition coefficient (Wildman–Crippen LogP) is 3.62. The van der Waals surface area contributed by atoms with Crippen molar-refractivity contribution in [2.75, 3.05) is 26.2 Å². The van der Waals surface area contributed by atoms with Gasteiger partial charge in [0.2, 0.25) is 5.91 Å². The third kappa shape index (κ3) is 4.67. The summed E-state index contributed by atoms with van der Waals surface area (Å²) in [6.45, 7) is 12.6. The highest BCUT2D eigenvalue weighted by molar-refractivity contribution is 5.92. The summed E-state index contributed by atoms with van der Waals surface area (Å²) in [5.74, 6) is 1.12. The van der Waals surface area contributed by atoms with Crippen molar-refractivity contribution in [3.8, 4) is 5.82 Å². The van der Waals surface area contributed by atoms with E-state index in [1.54, 1.807) is 6.08 Å². The van der Waals surface area contributed by atoms with Gasteiger partial charge in [-0.25, -0.2) is 4.68 Å². The van der Waals surface area contributed by atoms with Crippen molar-refractivity contribution in [3.05, 3.63) is 71.4 Å². The fraction of sp³-hybridized carbons (Fsp3) is 0.400. The number of hydrogen-bond acceptors (Lipinski definition) is 4. The van der Waals surface area contributed by atoms with Crippen molar-refractivity contribution < 1.29 is 4.79 Å². The maximum atomic E-state index is 12.8. The van der Waals surface area contributed by atoms with Crippen molar-refractivity contribution >= 4 is 12.0 Å². The molecule has 0 bridgehead atoms. The van der Waals surface area contributed by atoms with Crippen LogP contribution in [0.25, 0.3) is 11.9 Å². The van der Waals surface area contributed by atoms with E-state index in [-0.39, 0.29) is 11.9 Å². The molecule has 0 aliphatic carbocycles. The van der Waals surface area contributed by atoms with Crippen LogP contribution < -0.4 is 0 Å². The summed E-state index contributed by atoms with van der Waals surface area (Å²) in [4.78, 5) is 21.2. The Morgan fingerprint density at radius 3 is 2.47 bits per heavy atom. The first-order chi connectivity index (χ1) is 15.4. The minimum Gasteiger partial charge on any atom is -0.337 e. The minimum absolute atomic E-state index is 0.0746. The van der Waals surface area contributed by atoms with E-state index in [1.807, 2.05) is 52.4 Å². The van der Waals surface area contributed by atoms with Crippen LogP contribution in [0.4, 0.5) is 0 Å². The number of aryl methyl sites for hydroxylation is 1. The molecule has 0 N–H and O–H groups in total. The number of piperazine rings is 1. The van der Waals surface area contributed by atoms with Crippen LogP contribution in [0.5, 0.6) is 0 Å². The number of rotatable bonds is 6. The minimum atomic E-state index is 0.0746. The molecule has 1 aliphatic heterocycles. The zero-order valence-corrected chi connectivity index (χ0v) is 19.4. The van der Waals surface area contributed by atoms with Gasteiger partial charge < -0.3 is 9.47 Å². The zero-order valence-electron chi connectivity index (χ0n) is 19.4. The van der Waals surface area contributed by atoms with Gasteiger partial charge in [-0.2, -0.15) is 5.10 Å². The van der Waals surface area contributed by atoms with Gasteiger partial charge in [-0.1, -0.05) is 0 Å². The van der Waals surface area contributed by atoms with E-state index in [0.717, 1.165) is 55.5 Å². The Balaban J connectivity index is 1.40. The number of pyridine rings is 1. The molecule has 0 atom stereocenters. The van der Waals surface area contributed by atoms with E-state index in [4.69, 9.17) is 0 Å². The SMILES string of the molecule is Cc1cc(C=CC(=O)N2CCN(Cc3ccncc3)CC2)c(C)n1-c1ccnn1C(C)C. The van der Waals surface area contributed by atoms with Crippen molar-refractivity contribution in [2.24, 2.45) is 0 Å². The van der Waals surface area contributed by atoms with Crippen molar-refractivity contribution in [3.63, 3.8) is 0 Å². The maximum Gasteiger partial charge on any atom is 0.246 e. The Morgan fingerprint density at radius 2 is 1.78 bits per heavy atom. The number of amides is 1. The Hall–Kier alpha value is -3.19. The summed E-state index contributed by atoms with van der Waals surface area (Å²) in [6, 6.07) is 8.53. The first-order valence-electron chi connectivity index (χ1n) is 11.2. The third-order valence-electron chi connectivity index (χ3n) is 6.08. The molecule has 7 heteroatoms. The first-order valence-corrected chi connectivity index (χ1v) is 11.2. The maximum absolute atomic E-state index is 12.8. The summed E-state index contributed by atoms with van der Waals surface area (Å²) in [7, 11) is 0. The molecule has 7 nitrogen and oxygen atoms in total. The highest BCUT2D eigenvalue weighted by Gasteiger charge is 2.20. The van der Waals surface area contributed by atoms with E-state index < -0.39 is 0 Å². The Morgan fingerprint density at radius 1 is 1.06 bits per heavy atom. The molecule has 32 heavy (non-hydrogen) atoms. The summed E-state index contributed by atoms with van der Waals surface area (Å²) < 4.78 is 4.22. The molecule has 4 rings (SSSR count). The molecular formula is C25H32N6O. The van der Waals surface area contributed by atoms with Crippen LogP contribution in [-0.4, -0.2) is 61.2 Å². The third-order valence-corrected chi connectivity index (χ3v) is 6.08. The molecule has 4 heterocycles. The lowest BCUT2D eigenvalue weighted by molar-refractivity contribution is -0.127. The second-order valence-corrected chi connectivity index (χ2v) is 8.68. The van der Waals surface area contributed by atoms with Crippen molar-refractivity contribution in [1.82, 2.24) is 29.1 Å².